The quantitative estimate of drug-likeness (QED) is 0.670. The molecule has 0 bridgehead atoms. The lowest BCUT2D eigenvalue weighted by Crippen LogP contribution is -2.13. The molecule has 0 aliphatic rings. The number of nitrogens with two attached hydrogens (primary N) is 1. The molecule has 0 saturated heterocycles. The Balaban J connectivity index is 1.67. The van der Waals surface area contributed by atoms with Gasteiger partial charge in [-0.05, 0) is 31.9 Å². The van der Waals surface area contributed by atoms with Crippen molar-refractivity contribution >= 4 is 17.7 Å². The van der Waals surface area contributed by atoms with Crippen LogP contribution >= 0.6 is 0 Å². The predicted octanol–water partition coefficient (Wildman–Crippen LogP) is 3.02. The molecule has 2 heterocycles. The third-order valence-corrected chi connectivity index (χ3v) is 4.36. The van der Waals surface area contributed by atoms with Crippen molar-refractivity contribution in [1.82, 2.24) is 19.6 Å². The topological polar surface area (TPSA) is 95.4 Å². The molecule has 0 amide bonds. The largest absolute Gasteiger partial charge is 0.461 e. The minimum atomic E-state index is -4.50. The standard InChI is InChI=1S/C18H18F3N5O2/c1-10-13(11(2)26-17(23-10)24-16(22)25-26)7-8-15(27)28-9-12-5-3-4-6-14(12)18(19,20)21/h3-6H,7-9H2,1-2H3,(H2,22,25). The molecule has 0 aliphatic carbocycles. The van der Waals surface area contributed by atoms with E-state index in [-0.39, 0.29) is 17.9 Å². The van der Waals surface area contributed by atoms with Crippen LogP contribution in [0.15, 0.2) is 24.3 Å². The number of ether oxygens (including phenoxy) is 1. The number of fused-ring (bicyclic) bond motifs is 1. The normalized spacial score (nSPS) is 11.8. The van der Waals surface area contributed by atoms with Crippen molar-refractivity contribution in [2.24, 2.45) is 0 Å². The molecule has 0 radical (unpaired) electrons. The number of benzene rings is 1. The summed E-state index contributed by atoms with van der Waals surface area (Å²) in [4.78, 5) is 20.4. The molecule has 2 N–H and O–H groups in total. The average Bonchev–Trinajstić information content (AvgIpc) is 2.99. The van der Waals surface area contributed by atoms with Crippen LogP contribution in [0.25, 0.3) is 5.78 Å². The molecule has 7 nitrogen and oxygen atoms in total. The SMILES string of the molecule is Cc1nc2nc(N)nn2c(C)c1CCC(=O)OCc1ccccc1C(F)(F)F. The zero-order chi connectivity index (χ0) is 20.5. The van der Waals surface area contributed by atoms with E-state index in [1.165, 1.54) is 22.7 Å². The number of halogens is 3. The van der Waals surface area contributed by atoms with E-state index in [0.717, 1.165) is 17.3 Å². The van der Waals surface area contributed by atoms with Crippen molar-refractivity contribution in [3.63, 3.8) is 0 Å². The fraction of sp³-hybridized carbons (Fsp3) is 0.333. The van der Waals surface area contributed by atoms with Gasteiger partial charge in [0, 0.05) is 23.4 Å². The lowest BCUT2D eigenvalue weighted by molar-refractivity contribution is -0.147. The first-order valence-corrected chi connectivity index (χ1v) is 8.46. The second kappa shape index (κ2) is 7.45. The molecule has 10 heteroatoms. The van der Waals surface area contributed by atoms with Gasteiger partial charge >= 0.3 is 12.1 Å². The fourth-order valence-electron chi connectivity index (χ4n) is 2.97. The number of rotatable bonds is 5. The van der Waals surface area contributed by atoms with Gasteiger partial charge in [-0.2, -0.15) is 22.7 Å². The number of hydrogen-bond donors (Lipinski definition) is 1. The van der Waals surface area contributed by atoms with Gasteiger partial charge in [-0.3, -0.25) is 4.79 Å². The molecule has 1 aromatic carbocycles. The molecule has 0 unspecified atom stereocenters. The summed E-state index contributed by atoms with van der Waals surface area (Å²) < 4.78 is 45.5. The Kier molecular flexibility index (Phi) is 5.21. The smallest absolute Gasteiger partial charge is 0.416 e. The zero-order valence-electron chi connectivity index (χ0n) is 15.2. The number of aromatic nitrogens is 4. The van der Waals surface area contributed by atoms with Crippen LogP contribution in [0, 0.1) is 13.8 Å². The van der Waals surface area contributed by atoms with Crippen LogP contribution in [0.4, 0.5) is 19.1 Å². The van der Waals surface area contributed by atoms with Crippen LogP contribution < -0.4 is 5.73 Å². The van der Waals surface area contributed by atoms with Gasteiger partial charge in [0.15, 0.2) is 0 Å². The summed E-state index contributed by atoms with van der Waals surface area (Å²) in [7, 11) is 0. The monoisotopic (exact) mass is 393 g/mol. The Morgan fingerprint density at radius 1 is 1.21 bits per heavy atom. The molecule has 0 aliphatic heterocycles. The highest BCUT2D eigenvalue weighted by Crippen LogP contribution is 2.32. The highest BCUT2D eigenvalue weighted by atomic mass is 19.4. The van der Waals surface area contributed by atoms with E-state index >= 15 is 0 Å². The van der Waals surface area contributed by atoms with E-state index in [9.17, 15) is 18.0 Å². The maximum Gasteiger partial charge on any atom is 0.416 e. The first-order valence-electron chi connectivity index (χ1n) is 8.46. The van der Waals surface area contributed by atoms with Crippen LogP contribution in [0.2, 0.25) is 0 Å². The molecule has 0 atom stereocenters. The van der Waals surface area contributed by atoms with Crippen molar-refractivity contribution in [3.8, 4) is 0 Å². The van der Waals surface area contributed by atoms with E-state index in [4.69, 9.17) is 10.5 Å². The number of nitrogens with zero attached hydrogens (tertiary/aromatic N) is 4. The number of aryl methyl sites for hydroxylation is 2. The van der Waals surface area contributed by atoms with Crippen LogP contribution in [-0.2, 0) is 28.7 Å². The molecule has 0 saturated carbocycles. The number of esters is 1. The number of anilines is 1. The van der Waals surface area contributed by atoms with E-state index in [0.29, 0.717) is 17.9 Å². The average molecular weight is 393 g/mol. The zero-order valence-corrected chi connectivity index (χ0v) is 15.2. The molecular weight excluding hydrogens is 375 g/mol. The summed E-state index contributed by atoms with van der Waals surface area (Å²) in [5.74, 6) is -0.147. The molecule has 3 rings (SSSR count). The Labute approximate surface area is 158 Å². The van der Waals surface area contributed by atoms with E-state index < -0.39 is 24.3 Å². The number of alkyl halides is 3. The minimum Gasteiger partial charge on any atom is -0.461 e. The Morgan fingerprint density at radius 2 is 1.93 bits per heavy atom. The number of carbonyl (C=O) groups is 1. The van der Waals surface area contributed by atoms with Crippen molar-refractivity contribution in [2.45, 2.75) is 39.5 Å². The van der Waals surface area contributed by atoms with Gasteiger partial charge in [-0.25, -0.2) is 4.98 Å². The summed E-state index contributed by atoms with van der Waals surface area (Å²) in [6, 6.07) is 5.01. The second-order valence-electron chi connectivity index (χ2n) is 6.26. The summed E-state index contributed by atoms with van der Waals surface area (Å²) in [6.07, 6.45) is -4.20. The number of hydrogen-bond acceptors (Lipinski definition) is 6. The van der Waals surface area contributed by atoms with Crippen LogP contribution in [0.1, 0.15) is 34.5 Å². The van der Waals surface area contributed by atoms with Gasteiger partial charge in [-0.15, -0.1) is 5.10 Å². The van der Waals surface area contributed by atoms with Gasteiger partial charge in [-0.1, -0.05) is 18.2 Å². The minimum absolute atomic E-state index is 0.00672. The van der Waals surface area contributed by atoms with E-state index in [1.807, 2.05) is 0 Å². The molecular formula is C18H18F3N5O2. The highest BCUT2D eigenvalue weighted by Gasteiger charge is 2.33. The van der Waals surface area contributed by atoms with Gasteiger partial charge in [0.1, 0.15) is 6.61 Å². The molecule has 148 valence electrons. The fourth-order valence-corrected chi connectivity index (χ4v) is 2.97. The van der Waals surface area contributed by atoms with Gasteiger partial charge in [0.2, 0.25) is 5.95 Å². The Bertz CT molecular complexity index is 1030. The lowest BCUT2D eigenvalue weighted by atomic mass is 10.1. The Morgan fingerprint density at radius 3 is 2.64 bits per heavy atom. The van der Waals surface area contributed by atoms with E-state index in [2.05, 4.69) is 15.1 Å². The maximum absolute atomic E-state index is 13.0. The summed E-state index contributed by atoms with van der Waals surface area (Å²) in [5.41, 5.74) is 6.88. The van der Waals surface area contributed by atoms with Crippen LogP contribution in [0.5, 0.6) is 0 Å². The summed E-state index contributed by atoms with van der Waals surface area (Å²) in [6.45, 7) is 3.14. The predicted molar refractivity (Wildman–Crippen MR) is 94.2 cm³/mol. The Hall–Kier alpha value is -3.17. The highest BCUT2D eigenvalue weighted by molar-refractivity contribution is 5.70. The van der Waals surface area contributed by atoms with Crippen molar-refractivity contribution in [2.75, 3.05) is 5.73 Å². The first kappa shape index (κ1) is 19.6. The van der Waals surface area contributed by atoms with Gasteiger partial charge in [0.05, 0.1) is 5.56 Å². The van der Waals surface area contributed by atoms with Crippen molar-refractivity contribution < 1.29 is 22.7 Å². The molecule has 0 fully saturated rings. The molecule has 3 aromatic rings. The van der Waals surface area contributed by atoms with Crippen molar-refractivity contribution in [3.05, 3.63) is 52.3 Å². The summed E-state index contributed by atoms with van der Waals surface area (Å²) >= 11 is 0. The second-order valence-corrected chi connectivity index (χ2v) is 6.26. The first-order chi connectivity index (χ1) is 13.2. The third kappa shape index (κ3) is 4.05. The number of carbonyl (C=O) groups excluding carboxylic acids is 1. The maximum atomic E-state index is 13.0. The third-order valence-electron chi connectivity index (χ3n) is 4.36. The summed E-state index contributed by atoms with van der Waals surface area (Å²) in [5, 5.41) is 4.05. The molecule has 2 aromatic heterocycles. The van der Waals surface area contributed by atoms with Crippen molar-refractivity contribution in [1.29, 1.82) is 0 Å². The van der Waals surface area contributed by atoms with Gasteiger partial charge < -0.3 is 10.5 Å². The van der Waals surface area contributed by atoms with Crippen LogP contribution in [-0.4, -0.2) is 25.6 Å². The lowest BCUT2D eigenvalue weighted by Gasteiger charge is -2.13. The number of nitrogen functional groups attached to an aromatic ring is 1. The van der Waals surface area contributed by atoms with Gasteiger partial charge in [0.25, 0.3) is 5.78 Å². The molecule has 28 heavy (non-hydrogen) atoms. The van der Waals surface area contributed by atoms with Crippen LogP contribution in [0.3, 0.4) is 0 Å². The van der Waals surface area contributed by atoms with E-state index in [1.54, 1.807) is 13.8 Å². The molecule has 0 spiro atoms.